The minimum absolute atomic E-state index is 0.651. The molecule has 1 aromatic heterocycles. The molecule has 19 heavy (non-hydrogen) atoms. The molecular formula is C16H29N3. The van der Waals surface area contributed by atoms with Gasteiger partial charge < -0.3 is 10.3 Å². The fourth-order valence-electron chi connectivity index (χ4n) is 3.19. The summed E-state index contributed by atoms with van der Waals surface area (Å²) in [5, 5.41) is 0. The van der Waals surface area contributed by atoms with Crippen molar-refractivity contribution in [3.05, 3.63) is 11.5 Å². The first-order valence-corrected chi connectivity index (χ1v) is 8.12. The standard InChI is InChI=1S/C16H29N3/c1-3-5-11-14-15(17)19(12-4-2)16(18-14)13-9-7-6-8-10-13/h13H,3-12,17H2,1-2H3. The number of rotatable bonds is 6. The van der Waals surface area contributed by atoms with Gasteiger partial charge in [0.25, 0.3) is 0 Å². The van der Waals surface area contributed by atoms with E-state index in [1.165, 1.54) is 50.8 Å². The number of unbranched alkanes of at least 4 members (excludes halogenated alkanes) is 1. The minimum atomic E-state index is 0.651. The summed E-state index contributed by atoms with van der Waals surface area (Å²) in [7, 11) is 0. The van der Waals surface area contributed by atoms with Crippen molar-refractivity contribution in [2.45, 2.75) is 84.1 Å². The van der Waals surface area contributed by atoms with Gasteiger partial charge in [0.05, 0.1) is 5.69 Å². The Hall–Kier alpha value is -0.990. The maximum atomic E-state index is 6.34. The van der Waals surface area contributed by atoms with Crippen LogP contribution in [-0.4, -0.2) is 9.55 Å². The first-order valence-electron chi connectivity index (χ1n) is 8.12. The Balaban J connectivity index is 2.23. The molecule has 0 bridgehead atoms. The van der Waals surface area contributed by atoms with E-state index in [1.54, 1.807) is 0 Å². The summed E-state index contributed by atoms with van der Waals surface area (Å²) in [6.45, 7) is 5.47. The Kier molecular flexibility index (Phi) is 5.29. The van der Waals surface area contributed by atoms with E-state index in [0.717, 1.165) is 30.9 Å². The van der Waals surface area contributed by atoms with Gasteiger partial charge in [0.1, 0.15) is 11.6 Å². The molecule has 0 aliphatic heterocycles. The van der Waals surface area contributed by atoms with Gasteiger partial charge >= 0.3 is 0 Å². The van der Waals surface area contributed by atoms with Crippen LogP contribution in [0.3, 0.4) is 0 Å². The largest absolute Gasteiger partial charge is 0.384 e. The molecule has 0 unspecified atom stereocenters. The first-order chi connectivity index (χ1) is 9.27. The van der Waals surface area contributed by atoms with Gasteiger partial charge in [-0.3, -0.25) is 0 Å². The summed E-state index contributed by atoms with van der Waals surface area (Å²) in [6.07, 6.45) is 11.3. The second-order valence-corrected chi connectivity index (χ2v) is 5.89. The molecule has 1 aliphatic rings. The number of nitrogens with zero attached hydrogens (tertiary/aromatic N) is 2. The van der Waals surface area contributed by atoms with Gasteiger partial charge in [-0.1, -0.05) is 39.5 Å². The number of aromatic nitrogens is 2. The molecule has 3 nitrogen and oxygen atoms in total. The molecule has 1 saturated carbocycles. The van der Waals surface area contributed by atoms with E-state index < -0.39 is 0 Å². The maximum absolute atomic E-state index is 6.34. The molecule has 1 aliphatic carbocycles. The highest BCUT2D eigenvalue weighted by atomic mass is 15.1. The lowest BCUT2D eigenvalue weighted by Gasteiger charge is -2.22. The van der Waals surface area contributed by atoms with Crippen LogP contribution in [0.25, 0.3) is 0 Å². The Bertz CT molecular complexity index is 389. The third-order valence-corrected chi connectivity index (χ3v) is 4.30. The third kappa shape index (κ3) is 3.31. The van der Waals surface area contributed by atoms with Gasteiger partial charge in [0.15, 0.2) is 0 Å². The highest BCUT2D eigenvalue weighted by Crippen LogP contribution is 2.34. The Labute approximate surface area is 117 Å². The topological polar surface area (TPSA) is 43.8 Å². The SMILES string of the molecule is CCCCc1nc(C2CCCCC2)n(CCC)c1N. The van der Waals surface area contributed by atoms with E-state index in [-0.39, 0.29) is 0 Å². The van der Waals surface area contributed by atoms with Crippen LogP contribution in [0.15, 0.2) is 0 Å². The van der Waals surface area contributed by atoms with Crippen LogP contribution >= 0.6 is 0 Å². The predicted octanol–water partition coefficient (Wildman–Crippen LogP) is 4.27. The summed E-state index contributed by atoms with van der Waals surface area (Å²) >= 11 is 0. The van der Waals surface area contributed by atoms with E-state index >= 15 is 0 Å². The van der Waals surface area contributed by atoms with E-state index in [1.807, 2.05) is 0 Å². The zero-order valence-corrected chi connectivity index (χ0v) is 12.6. The molecule has 0 amide bonds. The van der Waals surface area contributed by atoms with Crippen LogP contribution in [0.4, 0.5) is 5.82 Å². The molecule has 0 saturated heterocycles. The number of nitrogen functional groups attached to an aromatic ring is 1. The van der Waals surface area contributed by atoms with Crippen LogP contribution in [0, 0.1) is 0 Å². The van der Waals surface area contributed by atoms with Crippen molar-refractivity contribution in [2.24, 2.45) is 0 Å². The zero-order chi connectivity index (χ0) is 13.7. The number of aryl methyl sites for hydroxylation is 1. The second kappa shape index (κ2) is 6.97. The molecule has 0 atom stereocenters. The second-order valence-electron chi connectivity index (χ2n) is 5.89. The first kappa shape index (κ1) is 14.4. The van der Waals surface area contributed by atoms with E-state index in [4.69, 9.17) is 10.7 Å². The molecule has 2 rings (SSSR count). The highest BCUT2D eigenvalue weighted by molar-refractivity contribution is 5.39. The molecule has 0 aromatic carbocycles. The summed E-state index contributed by atoms with van der Waals surface area (Å²) in [5.74, 6) is 2.87. The molecule has 108 valence electrons. The third-order valence-electron chi connectivity index (χ3n) is 4.30. The van der Waals surface area contributed by atoms with Crippen molar-refractivity contribution in [3.63, 3.8) is 0 Å². The number of hydrogen-bond donors (Lipinski definition) is 1. The summed E-state index contributed by atoms with van der Waals surface area (Å²) in [6, 6.07) is 0. The predicted molar refractivity (Wildman–Crippen MR) is 81.4 cm³/mol. The average Bonchev–Trinajstić information content (AvgIpc) is 2.75. The van der Waals surface area contributed by atoms with Crippen molar-refractivity contribution < 1.29 is 0 Å². The minimum Gasteiger partial charge on any atom is -0.384 e. The summed E-state index contributed by atoms with van der Waals surface area (Å²) < 4.78 is 2.31. The monoisotopic (exact) mass is 263 g/mol. The summed E-state index contributed by atoms with van der Waals surface area (Å²) in [4.78, 5) is 4.93. The molecule has 3 heteroatoms. The fourth-order valence-corrected chi connectivity index (χ4v) is 3.19. The van der Waals surface area contributed by atoms with Crippen LogP contribution < -0.4 is 5.73 Å². The Morgan fingerprint density at radius 2 is 1.89 bits per heavy atom. The van der Waals surface area contributed by atoms with Crippen molar-refractivity contribution in [3.8, 4) is 0 Å². The molecule has 1 heterocycles. The molecule has 1 fully saturated rings. The average molecular weight is 263 g/mol. The van der Waals surface area contributed by atoms with Gasteiger partial charge in [-0.25, -0.2) is 4.98 Å². The van der Waals surface area contributed by atoms with Crippen molar-refractivity contribution >= 4 is 5.82 Å². The molecule has 0 spiro atoms. The van der Waals surface area contributed by atoms with E-state index in [0.29, 0.717) is 5.92 Å². The molecule has 0 radical (unpaired) electrons. The molecule has 1 aromatic rings. The van der Waals surface area contributed by atoms with Crippen LogP contribution in [0.2, 0.25) is 0 Å². The fraction of sp³-hybridized carbons (Fsp3) is 0.812. The van der Waals surface area contributed by atoms with Gasteiger partial charge in [0, 0.05) is 12.5 Å². The number of anilines is 1. The molecular weight excluding hydrogens is 234 g/mol. The van der Waals surface area contributed by atoms with Crippen LogP contribution in [0.1, 0.15) is 82.7 Å². The van der Waals surface area contributed by atoms with Crippen molar-refractivity contribution in [1.29, 1.82) is 0 Å². The van der Waals surface area contributed by atoms with E-state index in [2.05, 4.69) is 18.4 Å². The van der Waals surface area contributed by atoms with Gasteiger partial charge in [-0.2, -0.15) is 0 Å². The number of hydrogen-bond acceptors (Lipinski definition) is 2. The van der Waals surface area contributed by atoms with Crippen molar-refractivity contribution in [1.82, 2.24) is 9.55 Å². The van der Waals surface area contributed by atoms with Gasteiger partial charge in [0.2, 0.25) is 0 Å². The normalized spacial score (nSPS) is 16.9. The van der Waals surface area contributed by atoms with Crippen LogP contribution in [-0.2, 0) is 13.0 Å². The lowest BCUT2D eigenvalue weighted by atomic mass is 9.88. The quantitative estimate of drug-likeness (QED) is 0.833. The Morgan fingerprint density at radius 3 is 2.53 bits per heavy atom. The lowest BCUT2D eigenvalue weighted by molar-refractivity contribution is 0.415. The van der Waals surface area contributed by atoms with Crippen LogP contribution in [0.5, 0.6) is 0 Å². The maximum Gasteiger partial charge on any atom is 0.126 e. The Morgan fingerprint density at radius 1 is 1.16 bits per heavy atom. The van der Waals surface area contributed by atoms with Gasteiger partial charge in [-0.05, 0) is 32.1 Å². The van der Waals surface area contributed by atoms with Gasteiger partial charge in [-0.15, -0.1) is 0 Å². The summed E-state index contributed by atoms with van der Waals surface area (Å²) in [5.41, 5.74) is 7.49. The van der Waals surface area contributed by atoms with Crippen molar-refractivity contribution in [2.75, 3.05) is 5.73 Å². The smallest absolute Gasteiger partial charge is 0.126 e. The van der Waals surface area contributed by atoms with E-state index in [9.17, 15) is 0 Å². The number of imidazole rings is 1. The zero-order valence-electron chi connectivity index (χ0n) is 12.6. The highest BCUT2D eigenvalue weighted by Gasteiger charge is 2.23. The molecule has 2 N–H and O–H groups in total. The lowest BCUT2D eigenvalue weighted by Crippen LogP contribution is -2.13. The number of nitrogens with two attached hydrogens (primary N) is 1.